The quantitative estimate of drug-likeness (QED) is 0.877. The lowest BCUT2D eigenvalue weighted by Crippen LogP contribution is -2.19. The van der Waals surface area contributed by atoms with E-state index in [1.54, 1.807) is 0 Å². The summed E-state index contributed by atoms with van der Waals surface area (Å²) in [6.45, 7) is 1.94. The smallest absolute Gasteiger partial charge is 0.104 e. The fraction of sp³-hybridized carbons (Fsp3) is 0.385. The Morgan fingerprint density at radius 1 is 1.47 bits per heavy atom. The maximum absolute atomic E-state index is 8.87. The maximum Gasteiger partial charge on any atom is 0.104 e. The van der Waals surface area contributed by atoms with Crippen LogP contribution in [0.15, 0.2) is 18.2 Å². The molecule has 1 unspecified atom stereocenters. The molecule has 4 nitrogen and oxygen atoms in total. The van der Waals surface area contributed by atoms with Crippen molar-refractivity contribution >= 4 is 11.0 Å². The van der Waals surface area contributed by atoms with Gasteiger partial charge < -0.3 is 9.88 Å². The Kier molecular flexibility index (Phi) is 3.12. The summed E-state index contributed by atoms with van der Waals surface area (Å²) in [4.78, 5) is 9.66. The number of imidazole rings is 1. The number of benzene rings is 1. The number of aromatic nitrogens is 2. The Morgan fingerprint density at radius 3 is 2.88 bits per heavy atom. The molecule has 0 amide bonds. The van der Waals surface area contributed by atoms with Crippen molar-refractivity contribution in [2.75, 3.05) is 14.1 Å². The Morgan fingerprint density at radius 2 is 2.24 bits per heavy atom. The van der Waals surface area contributed by atoms with Crippen LogP contribution in [-0.4, -0.2) is 29.0 Å². The topological polar surface area (TPSA) is 55.7 Å². The van der Waals surface area contributed by atoms with Gasteiger partial charge in [0.2, 0.25) is 0 Å². The first-order valence-corrected chi connectivity index (χ1v) is 5.61. The van der Waals surface area contributed by atoms with Crippen molar-refractivity contribution in [1.29, 1.82) is 5.26 Å². The fourth-order valence-electron chi connectivity index (χ4n) is 2.05. The highest BCUT2D eigenvalue weighted by Crippen LogP contribution is 2.24. The van der Waals surface area contributed by atoms with E-state index in [0.29, 0.717) is 6.42 Å². The molecule has 1 N–H and O–H groups in total. The molecule has 0 fully saturated rings. The molecule has 0 aliphatic carbocycles. The van der Waals surface area contributed by atoms with Crippen LogP contribution < -0.4 is 0 Å². The number of fused-ring (bicyclic) bond motifs is 1. The zero-order valence-corrected chi connectivity index (χ0v) is 10.4. The van der Waals surface area contributed by atoms with Crippen LogP contribution in [0.2, 0.25) is 0 Å². The first kappa shape index (κ1) is 11.6. The Balaban J connectivity index is 2.43. The molecule has 0 saturated carbocycles. The lowest BCUT2D eigenvalue weighted by atomic mass is 10.0. The third-order valence-corrected chi connectivity index (χ3v) is 2.92. The average molecular weight is 228 g/mol. The van der Waals surface area contributed by atoms with Gasteiger partial charge in [0.05, 0.1) is 23.5 Å². The highest BCUT2D eigenvalue weighted by Gasteiger charge is 2.14. The SMILES string of the molecule is Cc1nc2ccc(C(CC#N)N(C)C)cc2[nH]1. The normalized spacial score (nSPS) is 12.9. The summed E-state index contributed by atoms with van der Waals surface area (Å²) in [5, 5.41) is 8.87. The predicted molar refractivity (Wildman–Crippen MR) is 67.5 cm³/mol. The summed E-state index contributed by atoms with van der Waals surface area (Å²) in [5.41, 5.74) is 3.15. The van der Waals surface area contributed by atoms with Gasteiger partial charge in [0.1, 0.15) is 5.82 Å². The van der Waals surface area contributed by atoms with E-state index in [-0.39, 0.29) is 6.04 Å². The van der Waals surface area contributed by atoms with E-state index in [0.717, 1.165) is 22.4 Å². The van der Waals surface area contributed by atoms with Crippen molar-refractivity contribution < 1.29 is 0 Å². The van der Waals surface area contributed by atoms with Crippen molar-refractivity contribution in [3.63, 3.8) is 0 Å². The summed E-state index contributed by atoms with van der Waals surface area (Å²) in [6, 6.07) is 8.49. The number of nitrogens with zero attached hydrogens (tertiary/aromatic N) is 3. The van der Waals surface area contributed by atoms with Crippen LogP contribution in [0.1, 0.15) is 23.9 Å². The molecule has 0 saturated heterocycles. The Hall–Kier alpha value is -1.86. The van der Waals surface area contributed by atoms with E-state index in [1.165, 1.54) is 0 Å². The van der Waals surface area contributed by atoms with Crippen LogP contribution in [0, 0.1) is 18.3 Å². The summed E-state index contributed by atoms with van der Waals surface area (Å²) < 4.78 is 0. The lowest BCUT2D eigenvalue weighted by molar-refractivity contribution is 0.303. The Labute approximate surface area is 101 Å². The van der Waals surface area contributed by atoms with Crippen LogP contribution in [0.5, 0.6) is 0 Å². The van der Waals surface area contributed by atoms with Crippen LogP contribution in [0.4, 0.5) is 0 Å². The molecule has 1 heterocycles. The monoisotopic (exact) mass is 228 g/mol. The molecular formula is C13H16N4. The third-order valence-electron chi connectivity index (χ3n) is 2.92. The van der Waals surface area contributed by atoms with E-state index in [4.69, 9.17) is 5.26 Å². The molecule has 0 spiro atoms. The molecule has 2 aromatic rings. The molecule has 0 bridgehead atoms. The van der Waals surface area contributed by atoms with Gasteiger partial charge in [0.15, 0.2) is 0 Å². The average Bonchev–Trinajstić information content (AvgIpc) is 2.64. The van der Waals surface area contributed by atoms with Crippen molar-refractivity contribution in [2.45, 2.75) is 19.4 Å². The van der Waals surface area contributed by atoms with E-state index >= 15 is 0 Å². The molecule has 1 aromatic heterocycles. The number of aromatic amines is 1. The number of H-pyrrole nitrogens is 1. The second-order valence-corrected chi connectivity index (χ2v) is 4.44. The standard InChI is InChI=1S/C13H16N4/c1-9-15-11-5-4-10(8-12(11)16-9)13(6-7-14)17(2)3/h4-5,8,13H,6H2,1-3H3,(H,15,16). The zero-order chi connectivity index (χ0) is 12.4. The second-order valence-electron chi connectivity index (χ2n) is 4.44. The molecule has 0 radical (unpaired) electrons. The molecule has 88 valence electrons. The summed E-state index contributed by atoms with van der Waals surface area (Å²) in [6.07, 6.45) is 0.492. The van der Waals surface area contributed by atoms with Gasteiger partial charge in [-0.25, -0.2) is 4.98 Å². The van der Waals surface area contributed by atoms with Gasteiger partial charge in [-0.1, -0.05) is 6.07 Å². The number of aryl methyl sites for hydroxylation is 1. The van der Waals surface area contributed by atoms with Gasteiger partial charge in [0.25, 0.3) is 0 Å². The van der Waals surface area contributed by atoms with E-state index < -0.39 is 0 Å². The van der Waals surface area contributed by atoms with Gasteiger partial charge in [-0.2, -0.15) is 5.26 Å². The van der Waals surface area contributed by atoms with Crippen LogP contribution >= 0.6 is 0 Å². The summed E-state index contributed by atoms with van der Waals surface area (Å²) in [7, 11) is 3.98. The maximum atomic E-state index is 8.87. The first-order chi connectivity index (χ1) is 8.11. The van der Waals surface area contributed by atoms with Crippen LogP contribution in [0.3, 0.4) is 0 Å². The molecular weight excluding hydrogens is 212 g/mol. The summed E-state index contributed by atoms with van der Waals surface area (Å²) >= 11 is 0. The minimum absolute atomic E-state index is 0.132. The predicted octanol–water partition coefficient (Wildman–Crippen LogP) is 2.39. The number of nitrogens with one attached hydrogen (secondary N) is 1. The second kappa shape index (κ2) is 4.56. The molecule has 1 atom stereocenters. The Bertz CT molecular complexity index is 562. The van der Waals surface area contributed by atoms with Gasteiger partial charge in [-0.05, 0) is 38.7 Å². The highest BCUT2D eigenvalue weighted by atomic mass is 15.1. The van der Waals surface area contributed by atoms with E-state index in [1.807, 2.05) is 33.2 Å². The van der Waals surface area contributed by atoms with Crippen LogP contribution in [-0.2, 0) is 0 Å². The van der Waals surface area contributed by atoms with E-state index in [9.17, 15) is 0 Å². The van der Waals surface area contributed by atoms with Gasteiger partial charge in [0, 0.05) is 6.04 Å². The molecule has 0 aliphatic heterocycles. The molecule has 17 heavy (non-hydrogen) atoms. The van der Waals surface area contributed by atoms with Gasteiger partial charge >= 0.3 is 0 Å². The van der Waals surface area contributed by atoms with Gasteiger partial charge in [-0.3, -0.25) is 0 Å². The number of hydrogen-bond donors (Lipinski definition) is 1. The molecule has 0 aliphatic rings. The summed E-state index contributed by atoms with van der Waals surface area (Å²) in [5.74, 6) is 0.916. The third kappa shape index (κ3) is 2.29. The van der Waals surface area contributed by atoms with E-state index in [2.05, 4.69) is 27.0 Å². The number of hydrogen-bond acceptors (Lipinski definition) is 3. The first-order valence-electron chi connectivity index (χ1n) is 5.61. The number of rotatable bonds is 3. The van der Waals surface area contributed by atoms with Crippen LogP contribution in [0.25, 0.3) is 11.0 Å². The zero-order valence-electron chi connectivity index (χ0n) is 10.4. The minimum Gasteiger partial charge on any atom is -0.342 e. The van der Waals surface area contributed by atoms with Crippen molar-refractivity contribution in [3.05, 3.63) is 29.6 Å². The lowest BCUT2D eigenvalue weighted by Gasteiger charge is -2.22. The van der Waals surface area contributed by atoms with Crippen molar-refractivity contribution in [1.82, 2.24) is 14.9 Å². The largest absolute Gasteiger partial charge is 0.342 e. The van der Waals surface area contributed by atoms with Crippen molar-refractivity contribution in [3.8, 4) is 6.07 Å². The number of nitriles is 1. The van der Waals surface area contributed by atoms with Gasteiger partial charge in [-0.15, -0.1) is 0 Å². The molecule has 4 heteroatoms. The molecule has 1 aromatic carbocycles. The fourth-order valence-corrected chi connectivity index (χ4v) is 2.05. The molecule has 2 rings (SSSR count). The highest BCUT2D eigenvalue weighted by molar-refractivity contribution is 5.76. The minimum atomic E-state index is 0.132. The van der Waals surface area contributed by atoms with Crippen molar-refractivity contribution in [2.24, 2.45) is 0 Å².